The summed E-state index contributed by atoms with van der Waals surface area (Å²) in [6.45, 7) is 0.412. The summed E-state index contributed by atoms with van der Waals surface area (Å²) >= 11 is 0. The van der Waals surface area contributed by atoms with Gasteiger partial charge in [0.25, 0.3) is 11.8 Å². The molecular formula is C9H11NO3. The summed E-state index contributed by atoms with van der Waals surface area (Å²) in [6.07, 6.45) is 6.29. The predicted octanol–water partition coefficient (Wildman–Crippen LogP) is -0.215. The van der Waals surface area contributed by atoms with Crippen molar-refractivity contribution >= 4 is 11.8 Å². The van der Waals surface area contributed by atoms with E-state index in [4.69, 9.17) is 11.2 Å². The first-order chi connectivity index (χ1) is 6.25. The molecule has 1 aliphatic heterocycles. The molecule has 0 aromatic heterocycles. The minimum Gasteiger partial charge on any atom is -0.362 e. The number of nitrogens with zero attached hydrogens (tertiary/aromatic N) is 1. The number of morpholine rings is 1. The molecule has 0 spiro atoms. The summed E-state index contributed by atoms with van der Waals surface area (Å²) in [5.41, 5.74) is 0. The van der Waals surface area contributed by atoms with Gasteiger partial charge >= 0.3 is 0 Å². The summed E-state index contributed by atoms with van der Waals surface area (Å²) in [7, 11) is 0. The highest BCUT2D eigenvalue weighted by molar-refractivity contribution is 5.98. The van der Waals surface area contributed by atoms with Crippen LogP contribution >= 0.6 is 0 Å². The maximum absolute atomic E-state index is 11.1. The van der Waals surface area contributed by atoms with E-state index in [1.165, 1.54) is 4.90 Å². The van der Waals surface area contributed by atoms with Gasteiger partial charge in [-0.1, -0.05) is 0 Å². The minimum atomic E-state index is -0.270. The third-order valence-electron chi connectivity index (χ3n) is 1.76. The molecule has 1 heterocycles. The number of rotatable bonds is 3. The van der Waals surface area contributed by atoms with E-state index in [-0.39, 0.29) is 25.0 Å². The summed E-state index contributed by atoms with van der Waals surface area (Å²) in [4.78, 5) is 23.5. The van der Waals surface area contributed by atoms with Crippen molar-refractivity contribution in [2.45, 2.75) is 12.8 Å². The molecule has 0 atom stereocenters. The number of ether oxygens (including phenoxy) is 1. The highest BCUT2D eigenvalue weighted by Gasteiger charge is 2.25. The molecule has 0 radical (unpaired) electrons. The Kier molecular flexibility index (Phi) is 3.47. The van der Waals surface area contributed by atoms with Crippen molar-refractivity contribution in [1.29, 1.82) is 0 Å². The van der Waals surface area contributed by atoms with Crippen LogP contribution in [0, 0.1) is 12.3 Å². The Morgan fingerprint density at radius 2 is 2.00 bits per heavy atom. The molecule has 0 bridgehead atoms. The van der Waals surface area contributed by atoms with Crippen LogP contribution in [0.1, 0.15) is 12.8 Å². The van der Waals surface area contributed by atoms with Crippen LogP contribution in [-0.4, -0.2) is 36.5 Å². The van der Waals surface area contributed by atoms with Gasteiger partial charge in [-0.25, -0.2) is 0 Å². The number of carbonyl (C=O) groups is 2. The zero-order chi connectivity index (χ0) is 9.68. The lowest BCUT2D eigenvalue weighted by Crippen LogP contribution is -2.46. The highest BCUT2D eigenvalue weighted by atomic mass is 16.5. The fourth-order valence-electron chi connectivity index (χ4n) is 1.11. The van der Waals surface area contributed by atoms with Crippen molar-refractivity contribution in [3.63, 3.8) is 0 Å². The Hall–Kier alpha value is -1.34. The second-order valence-corrected chi connectivity index (χ2v) is 2.74. The molecule has 4 heteroatoms. The van der Waals surface area contributed by atoms with Crippen molar-refractivity contribution in [2.75, 3.05) is 19.8 Å². The first-order valence-corrected chi connectivity index (χ1v) is 4.10. The number of imide groups is 1. The summed E-state index contributed by atoms with van der Waals surface area (Å²) in [5, 5.41) is 0. The van der Waals surface area contributed by atoms with Gasteiger partial charge in [0, 0.05) is 13.0 Å². The van der Waals surface area contributed by atoms with E-state index in [1.807, 2.05) is 0 Å². The monoisotopic (exact) mass is 181 g/mol. The average Bonchev–Trinajstić information content (AvgIpc) is 2.10. The van der Waals surface area contributed by atoms with E-state index >= 15 is 0 Å². The molecule has 1 fully saturated rings. The van der Waals surface area contributed by atoms with Crippen molar-refractivity contribution in [2.24, 2.45) is 0 Å². The molecule has 0 N–H and O–H groups in total. The van der Waals surface area contributed by atoms with E-state index < -0.39 is 0 Å². The molecule has 0 unspecified atom stereocenters. The molecule has 1 aliphatic rings. The molecule has 0 saturated carbocycles. The Morgan fingerprint density at radius 1 is 1.38 bits per heavy atom. The van der Waals surface area contributed by atoms with E-state index in [0.717, 1.165) is 0 Å². The van der Waals surface area contributed by atoms with Crippen LogP contribution in [0.2, 0.25) is 0 Å². The standard InChI is InChI=1S/C9H11NO3/c1-2-3-4-5-10-8(11)6-13-7-9(10)12/h1H,3-7H2. The maximum atomic E-state index is 11.1. The molecule has 13 heavy (non-hydrogen) atoms. The molecule has 1 rings (SSSR count). The number of amides is 2. The van der Waals surface area contributed by atoms with Gasteiger partial charge < -0.3 is 4.74 Å². The average molecular weight is 181 g/mol. The third kappa shape index (κ3) is 2.56. The number of hydrogen-bond acceptors (Lipinski definition) is 3. The number of terminal acetylenes is 1. The van der Waals surface area contributed by atoms with Crippen LogP contribution in [0.15, 0.2) is 0 Å². The van der Waals surface area contributed by atoms with Gasteiger partial charge in [0.05, 0.1) is 0 Å². The third-order valence-corrected chi connectivity index (χ3v) is 1.76. The lowest BCUT2D eigenvalue weighted by molar-refractivity contribution is -0.158. The van der Waals surface area contributed by atoms with Crippen LogP contribution in [0.5, 0.6) is 0 Å². The van der Waals surface area contributed by atoms with Crippen LogP contribution in [-0.2, 0) is 14.3 Å². The lowest BCUT2D eigenvalue weighted by Gasteiger charge is -2.24. The van der Waals surface area contributed by atoms with Gasteiger partial charge in [-0.05, 0) is 6.42 Å². The molecule has 70 valence electrons. The van der Waals surface area contributed by atoms with Crippen LogP contribution in [0.25, 0.3) is 0 Å². The normalized spacial score (nSPS) is 17.3. The van der Waals surface area contributed by atoms with Gasteiger partial charge in [-0.15, -0.1) is 12.3 Å². The number of unbranched alkanes of at least 4 members (excludes halogenated alkanes) is 1. The maximum Gasteiger partial charge on any atom is 0.255 e. The van der Waals surface area contributed by atoms with Gasteiger partial charge in [-0.2, -0.15) is 0 Å². The SMILES string of the molecule is C#CCCCN1C(=O)COCC1=O. The van der Waals surface area contributed by atoms with E-state index in [9.17, 15) is 9.59 Å². The minimum absolute atomic E-state index is 0.00178. The summed E-state index contributed by atoms with van der Waals surface area (Å²) < 4.78 is 4.75. The second-order valence-electron chi connectivity index (χ2n) is 2.74. The van der Waals surface area contributed by atoms with Crippen LogP contribution < -0.4 is 0 Å². The first-order valence-electron chi connectivity index (χ1n) is 4.10. The molecule has 1 saturated heterocycles. The smallest absolute Gasteiger partial charge is 0.255 e. The largest absolute Gasteiger partial charge is 0.362 e. The van der Waals surface area contributed by atoms with E-state index in [2.05, 4.69) is 5.92 Å². The van der Waals surface area contributed by atoms with Gasteiger partial charge in [0.1, 0.15) is 13.2 Å². The summed E-state index contributed by atoms with van der Waals surface area (Å²) in [5.74, 6) is 1.92. The van der Waals surface area contributed by atoms with Crippen molar-refractivity contribution in [3.8, 4) is 12.3 Å². The molecule has 0 aliphatic carbocycles. The molecular weight excluding hydrogens is 170 g/mol. The topological polar surface area (TPSA) is 46.6 Å². The molecule has 0 aromatic carbocycles. The zero-order valence-corrected chi connectivity index (χ0v) is 7.28. The Morgan fingerprint density at radius 3 is 2.54 bits per heavy atom. The number of carbonyl (C=O) groups excluding carboxylic acids is 2. The van der Waals surface area contributed by atoms with E-state index in [0.29, 0.717) is 19.4 Å². The Labute approximate surface area is 76.8 Å². The number of hydrogen-bond donors (Lipinski definition) is 0. The van der Waals surface area contributed by atoms with Crippen LogP contribution in [0.4, 0.5) is 0 Å². The van der Waals surface area contributed by atoms with E-state index in [1.54, 1.807) is 0 Å². The van der Waals surface area contributed by atoms with Gasteiger partial charge in [-0.3, -0.25) is 14.5 Å². The van der Waals surface area contributed by atoms with Crippen molar-refractivity contribution in [3.05, 3.63) is 0 Å². The van der Waals surface area contributed by atoms with Gasteiger partial charge in [0.15, 0.2) is 0 Å². The zero-order valence-electron chi connectivity index (χ0n) is 7.28. The Bertz CT molecular complexity index is 238. The molecule has 0 aromatic rings. The highest BCUT2D eigenvalue weighted by Crippen LogP contribution is 2.02. The molecule has 2 amide bonds. The lowest BCUT2D eigenvalue weighted by atomic mass is 10.3. The Balaban J connectivity index is 2.41. The first kappa shape index (κ1) is 9.75. The van der Waals surface area contributed by atoms with Crippen molar-refractivity contribution in [1.82, 2.24) is 4.90 Å². The fraction of sp³-hybridized carbons (Fsp3) is 0.556. The molecule has 4 nitrogen and oxygen atoms in total. The van der Waals surface area contributed by atoms with Crippen LogP contribution in [0.3, 0.4) is 0 Å². The van der Waals surface area contributed by atoms with Gasteiger partial charge in [0.2, 0.25) is 0 Å². The fourth-order valence-corrected chi connectivity index (χ4v) is 1.11. The predicted molar refractivity (Wildman–Crippen MR) is 45.6 cm³/mol. The van der Waals surface area contributed by atoms with Crippen molar-refractivity contribution < 1.29 is 14.3 Å². The second kappa shape index (κ2) is 4.63. The quantitative estimate of drug-likeness (QED) is 0.343. The summed E-state index contributed by atoms with van der Waals surface area (Å²) in [6, 6.07) is 0.